The molecule has 0 radical (unpaired) electrons. The van der Waals surface area contributed by atoms with Crippen molar-refractivity contribution in [3.05, 3.63) is 54.1 Å². The fraction of sp³-hybridized carbons (Fsp3) is 0.267. The van der Waals surface area contributed by atoms with Gasteiger partial charge in [0.2, 0.25) is 0 Å². The number of hydrogen-bond acceptors (Lipinski definition) is 4. The highest BCUT2D eigenvalue weighted by molar-refractivity contribution is 5.92. The molecule has 0 saturated carbocycles. The molecule has 0 aliphatic heterocycles. The summed E-state index contributed by atoms with van der Waals surface area (Å²) < 4.78 is 0. The minimum Gasteiger partial charge on any atom is -0.373 e. The Labute approximate surface area is 113 Å². The average Bonchev–Trinajstić information content (AvgIpc) is 2.46. The first kappa shape index (κ1) is 13.2. The number of anilines is 1. The highest BCUT2D eigenvalue weighted by Gasteiger charge is 2.04. The third-order valence-corrected chi connectivity index (χ3v) is 3.03. The van der Waals surface area contributed by atoms with Crippen LogP contribution in [0.25, 0.3) is 0 Å². The zero-order chi connectivity index (χ0) is 13.7. The second-order valence-electron chi connectivity index (χ2n) is 4.48. The number of likely N-dealkylation sites (N-methyl/N-ethyl adjacent to an activating group) is 1. The van der Waals surface area contributed by atoms with E-state index in [2.05, 4.69) is 14.9 Å². The van der Waals surface area contributed by atoms with Crippen LogP contribution in [0.3, 0.4) is 0 Å². The molecule has 0 bridgehead atoms. The summed E-state index contributed by atoms with van der Waals surface area (Å²) in [5, 5.41) is 0. The lowest BCUT2D eigenvalue weighted by atomic mass is 10.2. The molecule has 0 aliphatic rings. The van der Waals surface area contributed by atoms with Gasteiger partial charge in [0.15, 0.2) is 5.78 Å². The van der Waals surface area contributed by atoms with E-state index in [1.54, 1.807) is 24.7 Å². The molecule has 0 aliphatic carbocycles. The monoisotopic (exact) mass is 255 g/mol. The zero-order valence-electron chi connectivity index (χ0n) is 11.2. The number of aromatic nitrogens is 2. The Kier molecular flexibility index (Phi) is 4.23. The Morgan fingerprint density at radius 3 is 2.53 bits per heavy atom. The van der Waals surface area contributed by atoms with Crippen LogP contribution in [0.5, 0.6) is 0 Å². The first-order valence-corrected chi connectivity index (χ1v) is 6.24. The Balaban J connectivity index is 1.96. The Bertz CT molecular complexity index is 537. The normalized spacial score (nSPS) is 10.2. The third-order valence-electron chi connectivity index (χ3n) is 3.03. The molecule has 2 heterocycles. The molecular weight excluding hydrogens is 238 g/mol. The summed E-state index contributed by atoms with van der Waals surface area (Å²) >= 11 is 0. The largest absolute Gasteiger partial charge is 0.373 e. The lowest BCUT2D eigenvalue weighted by Crippen LogP contribution is -2.20. The van der Waals surface area contributed by atoms with Crippen LogP contribution in [0.15, 0.2) is 42.9 Å². The highest BCUT2D eigenvalue weighted by atomic mass is 16.1. The van der Waals surface area contributed by atoms with E-state index in [0.29, 0.717) is 5.69 Å². The lowest BCUT2D eigenvalue weighted by Gasteiger charge is -2.18. The van der Waals surface area contributed by atoms with Crippen molar-refractivity contribution < 1.29 is 4.79 Å². The molecule has 0 spiro atoms. The van der Waals surface area contributed by atoms with E-state index in [4.69, 9.17) is 0 Å². The zero-order valence-corrected chi connectivity index (χ0v) is 11.2. The van der Waals surface area contributed by atoms with E-state index in [1.165, 1.54) is 12.5 Å². The summed E-state index contributed by atoms with van der Waals surface area (Å²) in [4.78, 5) is 21.4. The maximum atomic E-state index is 11.2. The maximum Gasteiger partial charge on any atom is 0.178 e. The number of pyridine rings is 2. The van der Waals surface area contributed by atoms with Crippen molar-refractivity contribution in [2.75, 3.05) is 18.5 Å². The topological polar surface area (TPSA) is 46.1 Å². The molecule has 0 aromatic carbocycles. The Hall–Kier alpha value is -2.23. The van der Waals surface area contributed by atoms with Gasteiger partial charge in [0, 0.05) is 32.9 Å². The van der Waals surface area contributed by atoms with Gasteiger partial charge >= 0.3 is 0 Å². The number of rotatable bonds is 5. The van der Waals surface area contributed by atoms with Crippen molar-refractivity contribution in [2.24, 2.45) is 0 Å². The second-order valence-corrected chi connectivity index (χ2v) is 4.48. The first-order chi connectivity index (χ1) is 9.16. The van der Waals surface area contributed by atoms with Crippen molar-refractivity contribution in [1.29, 1.82) is 0 Å². The lowest BCUT2D eigenvalue weighted by molar-refractivity contribution is 0.101. The molecule has 0 fully saturated rings. The fourth-order valence-electron chi connectivity index (χ4n) is 1.80. The fourth-order valence-corrected chi connectivity index (χ4v) is 1.80. The molecule has 4 heteroatoms. The predicted molar refractivity (Wildman–Crippen MR) is 75.5 cm³/mol. The molecule has 0 N–H and O–H groups in total. The molecule has 2 aromatic rings. The number of carbonyl (C=O) groups excluding carboxylic acids is 1. The van der Waals surface area contributed by atoms with E-state index >= 15 is 0 Å². The molecule has 4 nitrogen and oxygen atoms in total. The van der Waals surface area contributed by atoms with Gasteiger partial charge in [-0.05, 0) is 36.2 Å². The number of carbonyl (C=O) groups is 1. The van der Waals surface area contributed by atoms with Crippen LogP contribution < -0.4 is 4.90 Å². The summed E-state index contributed by atoms with van der Waals surface area (Å²) in [6, 6.07) is 7.73. The molecule has 19 heavy (non-hydrogen) atoms. The van der Waals surface area contributed by atoms with Gasteiger partial charge in [-0.2, -0.15) is 0 Å². The van der Waals surface area contributed by atoms with Crippen LogP contribution in [0.2, 0.25) is 0 Å². The van der Waals surface area contributed by atoms with E-state index in [-0.39, 0.29) is 5.78 Å². The molecule has 0 amide bonds. The van der Waals surface area contributed by atoms with Crippen molar-refractivity contribution in [2.45, 2.75) is 13.3 Å². The number of nitrogens with zero attached hydrogens (tertiary/aromatic N) is 3. The minimum atomic E-state index is -0.00834. The summed E-state index contributed by atoms with van der Waals surface area (Å²) in [5.41, 5.74) is 2.78. The third kappa shape index (κ3) is 3.61. The summed E-state index contributed by atoms with van der Waals surface area (Å²) in [6.45, 7) is 2.42. The Morgan fingerprint density at radius 1 is 1.21 bits per heavy atom. The van der Waals surface area contributed by atoms with Crippen LogP contribution >= 0.6 is 0 Å². The maximum absolute atomic E-state index is 11.2. The number of hydrogen-bond donors (Lipinski definition) is 0. The van der Waals surface area contributed by atoms with Crippen molar-refractivity contribution in [3.63, 3.8) is 0 Å². The van der Waals surface area contributed by atoms with Crippen LogP contribution in [-0.4, -0.2) is 29.3 Å². The molecule has 0 saturated heterocycles. The molecule has 2 aromatic heterocycles. The first-order valence-electron chi connectivity index (χ1n) is 6.24. The molecule has 2 rings (SSSR count). The van der Waals surface area contributed by atoms with Crippen molar-refractivity contribution in [3.8, 4) is 0 Å². The van der Waals surface area contributed by atoms with Gasteiger partial charge in [0.1, 0.15) is 5.69 Å². The van der Waals surface area contributed by atoms with Gasteiger partial charge in [-0.3, -0.25) is 14.8 Å². The van der Waals surface area contributed by atoms with E-state index in [9.17, 15) is 4.79 Å². The van der Waals surface area contributed by atoms with Crippen molar-refractivity contribution >= 4 is 11.5 Å². The van der Waals surface area contributed by atoms with Gasteiger partial charge in [-0.15, -0.1) is 0 Å². The smallest absolute Gasteiger partial charge is 0.178 e. The molecular formula is C15H17N3O. The Morgan fingerprint density at radius 2 is 1.95 bits per heavy atom. The summed E-state index contributed by atoms with van der Waals surface area (Å²) in [6.07, 6.45) is 6.30. The second kappa shape index (κ2) is 6.09. The number of Topliss-reactive ketones (excluding diaryl/α,β-unsaturated/α-hetero) is 1. The molecule has 0 unspecified atom stereocenters. The van der Waals surface area contributed by atoms with Crippen LogP contribution in [0, 0.1) is 0 Å². The van der Waals surface area contributed by atoms with E-state index in [1.807, 2.05) is 25.2 Å². The van der Waals surface area contributed by atoms with Gasteiger partial charge in [0.05, 0.1) is 11.9 Å². The molecule has 98 valence electrons. The highest BCUT2D eigenvalue weighted by Crippen LogP contribution is 2.12. The van der Waals surface area contributed by atoms with Gasteiger partial charge < -0.3 is 4.90 Å². The standard InChI is InChI=1S/C15H17N3O/c1-12(19)15-4-3-14(11-17-15)18(2)10-7-13-5-8-16-9-6-13/h3-6,8-9,11H,7,10H2,1-2H3. The van der Waals surface area contributed by atoms with E-state index < -0.39 is 0 Å². The minimum absolute atomic E-state index is 0.00834. The summed E-state index contributed by atoms with van der Waals surface area (Å²) in [7, 11) is 2.02. The van der Waals surface area contributed by atoms with Crippen LogP contribution in [-0.2, 0) is 6.42 Å². The van der Waals surface area contributed by atoms with Gasteiger partial charge in [-0.25, -0.2) is 0 Å². The SMILES string of the molecule is CC(=O)c1ccc(N(C)CCc2ccncc2)cn1. The van der Waals surface area contributed by atoms with Crippen LogP contribution in [0.4, 0.5) is 5.69 Å². The van der Waals surface area contributed by atoms with Gasteiger partial charge in [-0.1, -0.05) is 0 Å². The number of ketones is 1. The van der Waals surface area contributed by atoms with Crippen molar-refractivity contribution in [1.82, 2.24) is 9.97 Å². The summed E-state index contributed by atoms with van der Waals surface area (Å²) in [5.74, 6) is -0.00834. The quantitative estimate of drug-likeness (QED) is 0.769. The average molecular weight is 255 g/mol. The van der Waals surface area contributed by atoms with Crippen LogP contribution in [0.1, 0.15) is 23.0 Å². The predicted octanol–water partition coefficient (Wildman–Crippen LogP) is 2.36. The van der Waals surface area contributed by atoms with Gasteiger partial charge in [0.25, 0.3) is 0 Å². The van der Waals surface area contributed by atoms with E-state index in [0.717, 1.165) is 18.7 Å². The molecule has 0 atom stereocenters.